The molecule has 1 fully saturated rings. The number of hydrogen-bond donors (Lipinski definition) is 1. The number of aromatic nitrogens is 2. The number of alkyl halides is 2. The van der Waals surface area contributed by atoms with Crippen LogP contribution < -0.4 is 5.73 Å². The molecule has 5 heteroatoms. The molecule has 0 aliphatic heterocycles. The third-order valence-corrected chi connectivity index (χ3v) is 2.42. The van der Waals surface area contributed by atoms with Crippen LogP contribution in [-0.2, 0) is 6.54 Å². The number of rotatable bonds is 3. The first kappa shape index (κ1) is 8.47. The molecule has 1 aliphatic rings. The zero-order valence-electron chi connectivity index (χ0n) is 7.08. The van der Waals surface area contributed by atoms with Gasteiger partial charge >= 0.3 is 0 Å². The normalized spacial score (nSPS) is 24.6. The molecule has 13 heavy (non-hydrogen) atoms. The Bertz CT molecular complexity index is 308. The van der Waals surface area contributed by atoms with Gasteiger partial charge in [0.2, 0.25) is 0 Å². The van der Waals surface area contributed by atoms with Gasteiger partial charge < -0.3 is 10.3 Å². The number of anilines is 1. The van der Waals surface area contributed by atoms with E-state index in [4.69, 9.17) is 5.73 Å². The fourth-order valence-electron chi connectivity index (χ4n) is 1.41. The van der Waals surface area contributed by atoms with Crippen LogP contribution in [0, 0.1) is 5.92 Å². The molecule has 0 saturated heterocycles. The van der Waals surface area contributed by atoms with Gasteiger partial charge in [-0.25, -0.2) is 13.8 Å². The number of nitrogen functional groups attached to an aromatic ring is 1. The van der Waals surface area contributed by atoms with Gasteiger partial charge in [-0.15, -0.1) is 0 Å². The van der Waals surface area contributed by atoms with Crippen molar-refractivity contribution in [1.29, 1.82) is 0 Å². The monoisotopic (exact) mass is 187 g/mol. The summed E-state index contributed by atoms with van der Waals surface area (Å²) in [6, 6.07) is 0. The fraction of sp³-hybridized carbons (Fsp3) is 0.625. The predicted molar refractivity (Wildman–Crippen MR) is 44.3 cm³/mol. The molecule has 1 atom stereocenters. The smallest absolute Gasteiger partial charge is 0.251 e. The largest absolute Gasteiger partial charge is 0.369 e. The minimum atomic E-state index is -2.42. The Labute approximate surface area is 74.6 Å². The minimum absolute atomic E-state index is 0.0294. The van der Waals surface area contributed by atoms with Gasteiger partial charge in [-0.2, -0.15) is 0 Å². The molecule has 1 aliphatic carbocycles. The van der Waals surface area contributed by atoms with Crippen molar-refractivity contribution in [2.75, 3.05) is 5.73 Å². The van der Waals surface area contributed by atoms with Gasteiger partial charge in [-0.1, -0.05) is 0 Å². The molecular formula is C8H11F2N3. The maximum atomic E-state index is 12.5. The molecule has 0 radical (unpaired) electrons. The Morgan fingerprint density at radius 3 is 2.85 bits per heavy atom. The van der Waals surface area contributed by atoms with Crippen molar-refractivity contribution in [1.82, 2.24) is 9.55 Å². The Morgan fingerprint density at radius 1 is 1.69 bits per heavy atom. The van der Waals surface area contributed by atoms with Gasteiger partial charge in [-0.05, 0) is 6.42 Å². The molecule has 0 amide bonds. The van der Waals surface area contributed by atoms with Crippen molar-refractivity contribution >= 4 is 5.95 Å². The second-order valence-electron chi connectivity index (χ2n) is 3.43. The van der Waals surface area contributed by atoms with Gasteiger partial charge in [0.1, 0.15) is 0 Å². The molecule has 1 saturated carbocycles. The predicted octanol–water partition coefficient (Wildman–Crippen LogP) is 1.51. The summed E-state index contributed by atoms with van der Waals surface area (Å²) < 4.78 is 26.6. The molecule has 2 rings (SSSR count). The van der Waals surface area contributed by atoms with Crippen molar-refractivity contribution in [3.05, 3.63) is 12.4 Å². The molecule has 1 aromatic heterocycles. The Balaban J connectivity index is 1.85. The number of nitrogens with zero attached hydrogens (tertiary/aromatic N) is 2. The Hall–Kier alpha value is -1.13. The van der Waals surface area contributed by atoms with E-state index < -0.39 is 11.8 Å². The number of imidazole rings is 1. The summed E-state index contributed by atoms with van der Waals surface area (Å²) in [5.41, 5.74) is 5.48. The molecule has 1 unspecified atom stereocenters. The zero-order valence-corrected chi connectivity index (χ0v) is 7.08. The van der Waals surface area contributed by atoms with Crippen LogP contribution in [0.25, 0.3) is 0 Å². The van der Waals surface area contributed by atoms with E-state index in [0.717, 1.165) is 0 Å². The van der Waals surface area contributed by atoms with Crippen molar-refractivity contribution in [2.24, 2.45) is 5.92 Å². The third-order valence-electron chi connectivity index (χ3n) is 2.42. The highest BCUT2D eigenvalue weighted by molar-refractivity contribution is 5.16. The first-order valence-corrected chi connectivity index (χ1v) is 4.24. The number of halogens is 2. The van der Waals surface area contributed by atoms with E-state index in [1.165, 1.54) is 0 Å². The van der Waals surface area contributed by atoms with E-state index in [1.54, 1.807) is 17.0 Å². The van der Waals surface area contributed by atoms with E-state index in [1.807, 2.05) is 0 Å². The summed E-state index contributed by atoms with van der Waals surface area (Å²) in [5, 5.41) is 0. The van der Waals surface area contributed by atoms with Crippen LogP contribution in [0.5, 0.6) is 0 Å². The lowest BCUT2D eigenvalue weighted by molar-refractivity contribution is 0.0961. The van der Waals surface area contributed by atoms with Gasteiger partial charge in [0.25, 0.3) is 5.92 Å². The molecule has 0 bridgehead atoms. The minimum Gasteiger partial charge on any atom is -0.369 e. The van der Waals surface area contributed by atoms with E-state index >= 15 is 0 Å². The molecule has 72 valence electrons. The molecule has 1 aromatic rings. The molecule has 3 nitrogen and oxygen atoms in total. The fourth-order valence-corrected chi connectivity index (χ4v) is 1.41. The summed E-state index contributed by atoms with van der Waals surface area (Å²) in [5.74, 6) is -2.48. The quantitative estimate of drug-likeness (QED) is 0.779. The molecule has 0 spiro atoms. The van der Waals surface area contributed by atoms with E-state index in [0.29, 0.717) is 18.9 Å². The van der Waals surface area contributed by atoms with Crippen LogP contribution >= 0.6 is 0 Å². The van der Waals surface area contributed by atoms with E-state index in [-0.39, 0.29) is 6.42 Å². The topological polar surface area (TPSA) is 43.8 Å². The molecule has 2 N–H and O–H groups in total. The average molecular weight is 187 g/mol. The second kappa shape index (κ2) is 2.68. The number of aryl methyl sites for hydroxylation is 1. The SMILES string of the molecule is Nc1nccn1CCC1CC1(F)F. The lowest BCUT2D eigenvalue weighted by Gasteiger charge is -2.02. The van der Waals surface area contributed by atoms with Crippen LogP contribution in [-0.4, -0.2) is 15.5 Å². The second-order valence-corrected chi connectivity index (χ2v) is 3.43. The van der Waals surface area contributed by atoms with Crippen molar-refractivity contribution in [2.45, 2.75) is 25.3 Å². The van der Waals surface area contributed by atoms with Crippen LogP contribution in [0.15, 0.2) is 12.4 Å². The molecule has 0 aromatic carbocycles. The van der Waals surface area contributed by atoms with E-state index in [2.05, 4.69) is 4.98 Å². The van der Waals surface area contributed by atoms with Crippen LogP contribution in [0.2, 0.25) is 0 Å². The zero-order chi connectivity index (χ0) is 9.47. The summed E-state index contributed by atoms with van der Waals surface area (Å²) in [6.07, 6.45) is 3.78. The third kappa shape index (κ3) is 1.64. The van der Waals surface area contributed by atoms with Crippen LogP contribution in [0.1, 0.15) is 12.8 Å². The van der Waals surface area contributed by atoms with Crippen molar-refractivity contribution in [3.8, 4) is 0 Å². The maximum absolute atomic E-state index is 12.5. The molecular weight excluding hydrogens is 176 g/mol. The van der Waals surface area contributed by atoms with Gasteiger partial charge in [0.05, 0.1) is 0 Å². The van der Waals surface area contributed by atoms with Crippen molar-refractivity contribution in [3.63, 3.8) is 0 Å². The highest BCUT2D eigenvalue weighted by Gasteiger charge is 2.55. The lowest BCUT2D eigenvalue weighted by Crippen LogP contribution is -2.04. The van der Waals surface area contributed by atoms with E-state index in [9.17, 15) is 8.78 Å². The van der Waals surface area contributed by atoms with Gasteiger partial charge in [0.15, 0.2) is 5.95 Å². The number of hydrogen-bond acceptors (Lipinski definition) is 2. The van der Waals surface area contributed by atoms with Crippen LogP contribution in [0.3, 0.4) is 0 Å². The summed E-state index contributed by atoms with van der Waals surface area (Å²) in [7, 11) is 0. The summed E-state index contributed by atoms with van der Waals surface area (Å²) in [6.45, 7) is 0.534. The standard InChI is InChI=1S/C8H11F2N3/c9-8(10)5-6(8)1-3-13-4-2-12-7(13)11/h2,4,6H,1,3,5H2,(H2,11,12). The maximum Gasteiger partial charge on any atom is 0.251 e. The Morgan fingerprint density at radius 2 is 2.38 bits per heavy atom. The average Bonchev–Trinajstić information content (AvgIpc) is 2.47. The summed E-state index contributed by atoms with van der Waals surface area (Å²) >= 11 is 0. The van der Waals surface area contributed by atoms with Crippen molar-refractivity contribution < 1.29 is 8.78 Å². The van der Waals surface area contributed by atoms with Gasteiger partial charge in [0, 0.05) is 31.3 Å². The highest BCUT2D eigenvalue weighted by atomic mass is 19.3. The Kier molecular flexibility index (Phi) is 1.75. The first-order valence-electron chi connectivity index (χ1n) is 4.24. The van der Waals surface area contributed by atoms with Crippen LogP contribution in [0.4, 0.5) is 14.7 Å². The lowest BCUT2D eigenvalue weighted by atomic mass is 10.3. The highest BCUT2D eigenvalue weighted by Crippen LogP contribution is 2.50. The van der Waals surface area contributed by atoms with Gasteiger partial charge in [-0.3, -0.25) is 0 Å². The molecule has 1 heterocycles. The summed E-state index contributed by atoms with van der Waals surface area (Å²) in [4.78, 5) is 3.80. The number of nitrogens with two attached hydrogens (primary N) is 1. The first-order chi connectivity index (χ1) is 6.09.